The number of carbonyl (C=O) groups excluding carboxylic acids is 1. The lowest BCUT2D eigenvalue weighted by atomic mass is 9.94. The van der Waals surface area contributed by atoms with E-state index in [9.17, 15) is 4.79 Å². The summed E-state index contributed by atoms with van der Waals surface area (Å²) in [5.74, 6) is 1.14. The van der Waals surface area contributed by atoms with Crippen LogP contribution in [0.1, 0.15) is 35.7 Å². The zero-order valence-electron chi connectivity index (χ0n) is 14.8. The molecule has 0 aliphatic carbocycles. The molecule has 1 aliphatic heterocycles. The number of hydrogen-bond donors (Lipinski definition) is 1. The molecule has 3 rings (SSSR count). The summed E-state index contributed by atoms with van der Waals surface area (Å²) in [5.41, 5.74) is 3.10. The predicted octanol–water partition coefficient (Wildman–Crippen LogP) is 2.65. The molecule has 6 nitrogen and oxygen atoms in total. The van der Waals surface area contributed by atoms with Crippen LogP contribution in [-0.4, -0.2) is 47.8 Å². The van der Waals surface area contributed by atoms with Gasteiger partial charge in [-0.3, -0.25) is 9.89 Å². The van der Waals surface area contributed by atoms with Crippen molar-refractivity contribution in [2.45, 2.75) is 32.3 Å². The van der Waals surface area contributed by atoms with Gasteiger partial charge in [0.1, 0.15) is 12.4 Å². The summed E-state index contributed by atoms with van der Waals surface area (Å²) >= 11 is 0. The van der Waals surface area contributed by atoms with Gasteiger partial charge in [-0.1, -0.05) is 12.1 Å². The molecule has 134 valence electrons. The number of likely N-dealkylation sites (tertiary alicyclic amines) is 1. The summed E-state index contributed by atoms with van der Waals surface area (Å²) in [4.78, 5) is 14.3. The highest BCUT2D eigenvalue weighted by atomic mass is 16.5. The average molecular weight is 343 g/mol. The maximum atomic E-state index is 12.4. The van der Waals surface area contributed by atoms with Crippen LogP contribution in [0.25, 0.3) is 0 Å². The number of carbonyl (C=O) groups is 1. The van der Waals surface area contributed by atoms with Gasteiger partial charge in [0.05, 0.1) is 19.4 Å². The third-order valence-corrected chi connectivity index (χ3v) is 4.55. The molecular weight excluding hydrogens is 318 g/mol. The number of piperidine rings is 1. The monoisotopic (exact) mass is 343 g/mol. The minimum atomic E-state index is 0.0415. The zero-order valence-corrected chi connectivity index (χ0v) is 14.8. The largest absolute Gasteiger partial charge is 0.497 e. The van der Waals surface area contributed by atoms with Crippen LogP contribution in [0.15, 0.2) is 30.3 Å². The maximum absolute atomic E-state index is 12.4. The van der Waals surface area contributed by atoms with Gasteiger partial charge >= 0.3 is 0 Å². The topological polar surface area (TPSA) is 67.5 Å². The fraction of sp³-hybridized carbons (Fsp3) is 0.474. The van der Waals surface area contributed by atoms with E-state index in [4.69, 9.17) is 9.47 Å². The molecule has 0 spiro atoms. The standard InChI is InChI=1S/C19H25N3O3/c1-14-9-18(21-20-14)16-6-4-8-22(11-16)19(23)13-25-12-15-5-3-7-17(10-15)24-2/h3,5,7,9-10,16H,4,6,8,11-13H2,1-2H3,(H,20,21)/t16-/m0/s1. The van der Waals surface area contributed by atoms with Gasteiger partial charge in [-0.15, -0.1) is 0 Å². The van der Waals surface area contributed by atoms with E-state index in [0.717, 1.165) is 42.1 Å². The Bertz CT molecular complexity index is 713. The van der Waals surface area contributed by atoms with Crippen LogP contribution in [0.3, 0.4) is 0 Å². The predicted molar refractivity (Wildman–Crippen MR) is 94.5 cm³/mol. The number of aryl methyl sites for hydroxylation is 1. The highest BCUT2D eigenvalue weighted by Gasteiger charge is 2.26. The Morgan fingerprint density at radius 1 is 1.40 bits per heavy atom. The molecule has 2 heterocycles. The summed E-state index contributed by atoms with van der Waals surface area (Å²) in [6, 6.07) is 9.75. The van der Waals surface area contributed by atoms with Crippen LogP contribution in [0, 0.1) is 6.92 Å². The van der Waals surface area contributed by atoms with Crippen molar-refractivity contribution in [3.05, 3.63) is 47.3 Å². The van der Waals surface area contributed by atoms with E-state index in [-0.39, 0.29) is 12.5 Å². The van der Waals surface area contributed by atoms with Gasteiger partial charge in [-0.25, -0.2) is 0 Å². The Morgan fingerprint density at radius 3 is 3.04 bits per heavy atom. The summed E-state index contributed by atoms with van der Waals surface area (Å²) < 4.78 is 10.8. The average Bonchev–Trinajstić information content (AvgIpc) is 3.08. The number of hydrogen-bond acceptors (Lipinski definition) is 4. The first-order chi connectivity index (χ1) is 12.2. The summed E-state index contributed by atoms with van der Waals surface area (Å²) in [6.45, 7) is 4.00. The van der Waals surface area contributed by atoms with Crippen LogP contribution in [0.4, 0.5) is 0 Å². The SMILES string of the molecule is COc1cccc(COCC(=O)N2CCC[C@H](c3cc(C)[nH]n3)C2)c1. The number of H-pyrrole nitrogens is 1. The molecule has 0 radical (unpaired) electrons. The van der Waals surface area contributed by atoms with E-state index < -0.39 is 0 Å². The summed E-state index contributed by atoms with van der Waals surface area (Å²) in [7, 11) is 1.64. The Hall–Kier alpha value is -2.34. The number of ether oxygens (including phenoxy) is 2. The number of benzene rings is 1. The second kappa shape index (κ2) is 8.16. The van der Waals surface area contributed by atoms with Crippen LogP contribution in [0.2, 0.25) is 0 Å². The molecule has 2 aromatic rings. The quantitative estimate of drug-likeness (QED) is 0.875. The number of aromatic nitrogens is 2. The Morgan fingerprint density at radius 2 is 2.28 bits per heavy atom. The molecule has 1 aliphatic rings. The van der Waals surface area contributed by atoms with E-state index in [2.05, 4.69) is 16.3 Å². The van der Waals surface area contributed by atoms with Crippen molar-refractivity contribution in [1.82, 2.24) is 15.1 Å². The van der Waals surface area contributed by atoms with E-state index >= 15 is 0 Å². The number of nitrogens with zero attached hydrogens (tertiary/aromatic N) is 2. The van der Waals surface area contributed by atoms with Crippen LogP contribution >= 0.6 is 0 Å². The van der Waals surface area contributed by atoms with Crippen molar-refractivity contribution >= 4 is 5.91 Å². The minimum Gasteiger partial charge on any atom is -0.497 e. The van der Waals surface area contributed by atoms with Crippen molar-refractivity contribution in [2.24, 2.45) is 0 Å². The molecule has 6 heteroatoms. The molecular formula is C19H25N3O3. The first-order valence-corrected chi connectivity index (χ1v) is 8.66. The molecule has 1 atom stereocenters. The fourth-order valence-electron chi connectivity index (χ4n) is 3.20. The van der Waals surface area contributed by atoms with Gasteiger partial charge in [-0.05, 0) is 43.5 Å². The molecule has 1 fully saturated rings. The first-order valence-electron chi connectivity index (χ1n) is 8.66. The summed E-state index contributed by atoms with van der Waals surface area (Å²) in [6.07, 6.45) is 2.07. The number of amides is 1. The van der Waals surface area contributed by atoms with E-state index in [1.807, 2.05) is 36.1 Å². The minimum absolute atomic E-state index is 0.0415. The lowest BCUT2D eigenvalue weighted by molar-refractivity contribution is -0.137. The number of nitrogens with one attached hydrogen (secondary N) is 1. The molecule has 1 aromatic carbocycles. The first kappa shape index (κ1) is 17.5. The third-order valence-electron chi connectivity index (χ3n) is 4.55. The van der Waals surface area contributed by atoms with E-state index in [1.165, 1.54) is 0 Å². The molecule has 1 aromatic heterocycles. The van der Waals surface area contributed by atoms with Crippen molar-refractivity contribution in [3.8, 4) is 5.75 Å². The van der Waals surface area contributed by atoms with Gasteiger partial charge in [-0.2, -0.15) is 5.10 Å². The van der Waals surface area contributed by atoms with E-state index in [0.29, 0.717) is 19.1 Å². The lowest BCUT2D eigenvalue weighted by Gasteiger charge is -2.32. The zero-order chi connectivity index (χ0) is 17.6. The number of aromatic amines is 1. The Labute approximate surface area is 148 Å². The van der Waals surface area contributed by atoms with Gasteiger partial charge in [0.2, 0.25) is 5.91 Å². The fourth-order valence-corrected chi connectivity index (χ4v) is 3.20. The van der Waals surface area contributed by atoms with Gasteiger partial charge in [0, 0.05) is 24.7 Å². The third kappa shape index (κ3) is 4.60. The smallest absolute Gasteiger partial charge is 0.248 e. The van der Waals surface area contributed by atoms with Crippen molar-refractivity contribution in [3.63, 3.8) is 0 Å². The second-order valence-electron chi connectivity index (χ2n) is 6.50. The molecule has 1 amide bonds. The second-order valence-corrected chi connectivity index (χ2v) is 6.50. The Balaban J connectivity index is 1.49. The van der Waals surface area contributed by atoms with Crippen molar-refractivity contribution < 1.29 is 14.3 Å². The molecule has 1 N–H and O–H groups in total. The van der Waals surface area contributed by atoms with Crippen LogP contribution in [0.5, 0.6) is 5.75 Å². The van der Waals surface area contributed by atoms with Crippen LogP contribution in [-0.2, 0) is 16.1 Å². The summed E-state index contributed by atoms with van der Waals surface area (Å²) in [5, 5.41) is 7.33. The number of rotatable bonds is 6. The lowest BCUT2D eigenvalue weighted by Crippen LogP contribution is -2.41. The van der Waals surface area contributed by atoms with Crippen molar-refractivity contribution in [1.29, 1.82) is 0 Å². The molecule has 0 unspecified atom stereocenters. The number of methoxy groups -OCH3 is 1. The Kier molecular flexibility index (Phi) is 5.71. The van der Waals surface area contributed by atoms with Gasteiger partial charge in [0.15, 0.2) is 0 Å². The molecule has 25 heavy (non-hydrogen) atoms. The maximum Gasteiger partial charge on any atom is 0.248 e. The van der Waals surface area contributed by atoms with Crippen molar-refractivity contribution in [2.75, 3.05) is 26.8 Å². The van der Waals surface area contributed by atoms with E-state index in [1.54, 1.807) is 7.11 Å². The molecule has 1 saturated heterocycles. The van der Waals surface area contributed by atoms with Gasteiger partial charge in [0.25, 0.3) is 0 Å². The molecule has 0 saturated carbocycles. The molecule has 0 bridgehead atoms. The van der Waals surface area contributed by atoms with Crippen LogP contribution < -0.4 is 4.74 Å². The highest BCUT2D eigenvalue weighted by Crippen LogP contribution is 2.26. The highest BCUT2D eigenvalue weighted by molar-refractivity contribution is 5.77. The van der Waals surface area contributed by atoms with Gasteiger partial charge < -0.3 is 14.4 Å². The normalized spacial score (nSPS) is 17.5.